The molecule has 2 heterocycles. The predicted molar refractivity (Wildman–Crippen MR) is 121 cm³/mol. The van der Waals surface area contributed by atoms with Gasteiger partial charge in [-0.3, -0.25) is 9.89 Å². The first-order valence-electron chi connectivity index (χ1n) is 10.0. The van der Waals surface area contributed by atoms with Crippen LogP contribution in [0.15, 0.2) is 72.8 Å². The van der Waals surface area contributed by atoms with Crippen LogP contribution in [0.25, 0.3) is 22.0 Å². The molecule has 0 radical (unpaired) electrons. The second kappa shape index (κ2) is 7.84. The van der Waals surface area contributed by atoms with Crippen LogP contribution in [-0.2, 0) is 0 Å². The molecule has 5 rings (SSSR count). The minimum Gasteiger partial charge on any atom is -0.367 e. The molecule has 1 aliphatic rings. The average Bonchev–Trinajstić information content (AvgIpc) is 3.29. The molecule has 3 aromatic carbocycles. The van der Waals surface area contributed by atoms with Crippen molar-refractivity contribution in [2.45, 2.75) is 0 Å². The molecule has 0 aliphatic carbocycles. The lowest BCUT2D eigenvalue weighted by atomic mass is 10.0. The van der Waals surface area contributed by atoms with Gasteiger partial charge in [-0.15, -0.1) is 0 Å². The molecule has 0 atom stereocenters. The highest BCUT2D eigenvalue weighted by atomic mass is 35.5. The fourth-order valence-electron chi connectivity index (χ4n) is 4.05. The third-order valence-corrected chi connectivity index (χ3v) is 5.95. The summed E-state index contributed by atoms with van der Waals surface area (Å²) in [4.78, 5) is 17.1. The highest BCUT2D eigenvalue weighted by Gasteiger charge is 2.24. The number of nitrogens with one attached hydrogen (secondary N) is 1. The molecule has 0 unspecified atom stereocenters. The molecule has 1 aliphatic heterocycles. The molecule has 150 valence electrons. The Morgan fingerprint density at radius 2 is 1.63 bits per heavy atom. The van der Waals surface area contributed by atoms with E-state index < -0.39 is 0 Å². The number of rotatable bonds is 3. The lowest BCUT2D eigenvalue weighted by Crippen LogP contribution is -2.49. The van der Waals surface area contributed by atoms with Crippen LogP contribution in [0.3, 0.4) is 0 Å². The predicted octanol–water partition coefficient (Wildman–Crippen LogP) is 4.85. The van der Waals surface area contributed by atoms with Gasteiger partial charge in [0.1, 0.15) is 5.69 Å². The van der Waals surface area contributed by atoms with Crippen molar-refractivity contribution in [3.05, 3.63) is 83.5 Å². The lowest BCUT2D eigenvalue weighted by molar-refractivity contribution is 0.0741. The molecule has 0 saturated carbocycles. The fraction of sp³-hybridized carbons (Fsp3) is 0.167. The van der Waals surface area contributed by atoms with Gasteiger partial charge in [0, 0.05) is 31.7 Å². The van der Waals surface area contributed by atoms with Crippen LogP contribution in [0.5, 0.6) is 0 Å². The van der Waals surface area contributed by atoms with Gasteiger partial charge in [0.2, 0.25) is 0 Å². The Morgan fingerprint density at radius 3 is 2.47 bits per heavy atom. The highest BCUT2D eigenvalue weighted by Crippen LogP contribution is 2.29. The highest BCUT2D eigenvalue weighted by molar-refractivity contribution is 6.33. The number of aromatic amines is 1. The van der Waals surface area contributed by atoms with Gasteiger partial charge in [0.15, 0.2) is 0 Å². The first kappa shape index (κ1) is 18.7. The standard InChI is InChI=1S/C24H21ClN4O/c25-20-10-3-4-11-23(20)28-12-14-29(15-13-28)24(30)22-16-21(26-27-22)19-9-5-7-17-6-1-2-8-18(17)19/h1-11,16H,12-15H2,(H,26,27). The molecule has 6 heteroatoms. The summed E-state index contributed by atoms with van der Waals surface area (Å²) in [7, 11) is 0. The smallest absolute Gasteiger partial charge is 0.272 e. The third-order valence-electron chi connectivity index (χ3n) is 5.63. The van der Waals surface area contributed by atoms with Crippen molar-refractivity contribution in [1.82, 2.24) is 15.1 Å². The van der Waals surface area contributed by atoms with E-state index in [-0.39, 0.29) is 5.91 Å². The molecule has 1 aromatic heterocycles. The zero-order valence-corrected chi connectivity index (χ0v) is 17.1. The second-order valence-electron chi connectivity index (χ2n) is 7.42. The number of carbonyl (C=O) groups is 1. The molecular formula is C24H21ClN4O. The number of hydrogen-bond donors (Lipinski definition) is 1. The number of carbonyl (C=O) groups excluding carboxylic acids is 1. The number of benzene rings is 3. The summed E-state index contributed by atoms with van der Waals surface area (Å²) < 4.78 is 0. The maximum absolute atomic E-state index is 13.0. The summed E-state index contributed by atoms with van der Waals surface area (Å²) in [6, 6.07) is 24.0. The summed E-state index contributed by atoms with van der Waals surface area (Å²) in [6.45, 7) is 2.79. The van der Waals surface area contributed by atoms with Crippen LogP contribution in [-0.4, -0.2) is 47.2 Å². The summed E-state index contributed by atoms with van der Waals surface area (Å²) in [5.41, 5.74) is 3.34. The maximum Gasteiger partial charge on any atom is 0.272 e. The van der Waals surface area contributed by atoms with Crippen LogP contribution in [0.2, 0.25) is 5.02 Å². The molecule has 0 spiro atoms. The molecule has 5 nitrogen and oxygen atoms in total. The van der Waals surface area contributed by atoms with E-state index in [2.05, 4.69) is 33.3 Å². The van der Waals surface area contributed by atoms with Crippen LogP contribution >= 0.6 is 11.6 Å². The van der Waals surface area contributed by atoms with Crippen LogP contribution < -0.4 is 4.90 Å². The number of H-pyrrole nitrogens is 1. The lowest BCUT2D eigenvalue weighted by Gasteiger charge is -2.36. The van der Waals surface area contributed by atoms with E-state index in [0.717, 1.165) is 45.8 Å². The van der Waals surface area contributed by atoms with Crippen LogP contribution in [0.4, 0.5) is 5.69 Å². The molecule has 30 heavy (non-hydrogen) atoms. The average molecular weight is 417 g/mol. The minimum atomic E-state index is -0.0206. The topological polar surface area (TPSA) is 52.2 Å². The van der Waals surface area contributed by atoms with Gasteiger partial charge in [-0.1, -0.05) is 66.2 Å². The van der Waals surface area contributed by atoms with Crippen LogP contribution in [0, 0.1) is 0 Å². The van der Waals surface area contributed by atoms with Crippen LogP contribution in [0.1, 0.15) is 10.5 Å². The quantitative estimate of drug-likeness (QED) is 0.519. The van der Waals surface area contributed by atoms with Crippen molar-refractivity contribution in [2.75, 3.05) is 31.1 Å². The normalized spacial score (nSPS) is 14.3. The van der Waals surface area contributed by atoms with Gasteiger partial charge in [-0.25, -0.2) is 0 Å². The Labute approximate surface area is 179 Å². The zero-order chi connectivity index (χ0) is 20.5. The van der Waals surface area contributed by atoms with E-state index in [9.17, 15) is 4.79 Å². The first-order chi connectivity index (χ1) is 14.7. The Kier molecular flexibility index (Phi) is 4.89. The molecule has 4 aromatic rings. The Bertz CT molecular complexity index is 1210. The second-order valence-corrected chi connectivity index (χ2v) is 7.83. The Balaban J connectivity index is 1.32. The van der Waals surface area contributed by atoms with E-state index in [1.165, 1.54) is 0 Å². The van der Waals surface area contributed by atoms with E-state index >= 15 is 0 Å². The van der Waals surface area contributed by atoms with Gasteiger partial charge in [-0.2, -0.15) is 5.10 Å². The molecule has 1 N–H and O–H groups in total. The maximum atomic E-state index is 13.0. The van der Waals surface area contributed by atoms with Crippen molar-refractivity contribution in [3.63, 3.8) is 0 Å². The Hall–Kier alpha value is -3.31. The van der Waals surface area contributed by atoms with Gasteiger partial charge >= 0.3 is 0 Å². The monoisotopic (exact) mass is 416 g/mol. The number of amides is 1. The van der Waals surface area contributed by atoms with E-state index in [1.807, 2.05) is 59.5 Å². The van der Waals surface area contributed by atoms with Gasteiger partial charge in [0.25, 0.3) is 5.91 Å². The number of aromatic nitrogens is 2. The molecule has 0 bridgehead atoms. The van der Waals surface area contributed by atoms with Gasteiger partial charge in [0.05, 0.1) is 16.4 Å². The first-order valence-corrected chi connectivity index (χ1v) is 10.4. The number of halogens is 1. The van der Waals surface area contributed by atoms with E-state index in [4.69, 9.17) is 11.6 Å². The number of piperazine rings is 1. The van der Waals surface area contributed by atoms with Crippen molar-refractivity contribution < 1.29 is 4.79 Å². The molecule has 1 saturated heterocycles. The largest absolute Gasteiger partial charge is 0.367 e. The number of hydrogen-bond acceptors (Lipinski definition) is 3. The van der Waals surface area contributed by atoms with E-state index in [0.29, 0.717) is 18.8 Å². The van der Waals surface area contributed by atoms with Crippen molar-refractivity contribution in [3.8, 4) is 11.3 Å². The fourth-order valence-corrected chi connectivity index (χ4v) is 4.30. The number of nitrogens with zero attached hydrogens (tertiary/aromatic N) is 3. The van der Waals surface area contributed by atoms with Gasteiger partial charge < -0.3 is 9.80 Å². The number of fused-ring (bicyclic) bond motifs is 1. The van der Waals surface area contributed by atoms with E-state index in [1.54, 1.807) is 0 Å². The van der Waals surface area contributed by atoms with Crippen molar-refractivity contribution >= 4 is 34.0 Å². The SMILES string of the molecule is O=C(c1cc(-c2cccc3ccccc23)n[nH]1)N1CCN(c2ccccc2Cl)CC1. The van der Waals surface area contributed by atoms with Gasteiger partial charge in [-0.05, 0) is 29.0 Å². The minimum absolute atomic E-state index is 0.0206. The number of para-hydroxylation sites is 1. The summed E-state index contributed by atoms with van der Waals surface area (Å²) in [6.07, 6.45) is 0. The molecular weight excluding hydrogens is 396 g/mol. The third kappa shape index (κ3) is 3.42. The zero-order valence-electron chi connectivity index (χ0n) is 16.4. The number of anilines is 1. The van der Waals surface area contributed by atoms with Crippen molar-refractivity contribution in [2.24, 2.45) is 0 Å². The Morgan fingerprint density at radius 1 is 0.900 bits per heavy atom. The molecule has 1 fully saturated rings. The summed E-state index contributed by atoms with van der Waals surface area (Å²) in [5.74, 6) is -0.0206. The summed E-state index contributed by atoms with van der Waals surface area (Å²) >= 11 is 6.32. The molecule has 1 amide bonds. The van der Waals surface area contributed by atoms with Crippen molar-refractivity contribution in [1.29, 1.82) is 0 Å². The summed E-state index contributed by atoms with van der Waals surface area (Å²) in [5, 5.41) is 10.4.